The van der Waals surface area contributed by atoms with Crippen LogP contribution in [-0.2, 0) is 24.3 Å². The highest BCUT2D eigenvalue weighted by molar-refractivity contribution is 7.99. The Hall–Kier alpha value is -3.65. The summed E-state index contributed by atoms with van der Waals surface area (Å²) >= 11 is 1.36. The molecule has 0 spiro atoms. The van der Waals surface area contributed by atoms with Gasteiger partial charge in [0, 0.05) is 11.4 Å². The summed E-state index contributed by atoms with van der Waals surface area (Å²) in [6.07, 6.45) is 0.847. The topological polar surface area (TPSA) is 71.8 Å². The molecular formula is C27H28FN5OS. The molecule has 0 radical (unpaired) electrons. The van der Waals surface area contributed by atoms with Gasteiger partial charge in [0.1, 0.15) is 5.82 Å². The second kappa shape index (κ2) is 11.7. The van der Waals surface area contributed by atoms with Crippen LogP contribution >= 0.6 is 11.8 Å². The van der Waals surface area contributed by atoms with E-state index in [4.69, 9.17) is 0 Å². The zero-order valence-electron chi connectivity index (χ0n) is 19.8. The van der Waals surface area contributed by atoms with E-state index in [0.717, 1.165) is 40.3 Å². The molecule has 0 aliphatic rings. The molecule has 0 bridgehead atoms. The largest absolute Gasteiger partial charge is 0.378 e. The van der Waals surface area contributed by atoms with Gasteiger partial charge >= 0.3 is 0 Å². The number of anilines is 2. The molecule has 180 valence electrons. The van der Waals surface area contributed by atoms with Gasteiger partial charge in [-0.15, -0.1) is 10.2 Å². The number of amides is 1. The number of benzene rings is 3. The highest BCUT2D eigenvalue weighted by Crippen LogP contribution is 2.23. The summed E-state index contributed by atoms with van der Waals surface area (Å²) in [5.74, 6) is 0.583. The Morgan fingerprint density at radius 3 is 2.51 bits per heavy atom. The lowest BCUT2D eigenvalue weighted by Crippen LogP contribution is -2.17. The molecular weight excluding hydrogens is 461 g/mol. The summed E-state index contributed by atoms with van der Waals surface area (Å²) in [6, 6.07) is 22.3. The highest BCUT2D eigenvalue weighted by atomic mass is 32.2. The summed E-state index contributed by atoms with van der Waals surface area (Å²) in [6.45, 7) is 5.07. The number of para-hydroxylation sites is 1. The van der Waals surface area contributed by atoms with Gasteiger partial charge in [-0.3, -0.25) is 4.79 Å². The molecule has 0 saturated heterocycles. The van der Waals surface area contributed by atoms with Crippen molar-refractivity contribution in [2.45, 2.75) is 38.5 Å². The Morgan fingerprint density at radius 1 is 1.00 bits per heavy atom. The first-order chi connectivity index (χ1) is 17.0. The summed E-state index contributed by atoms with van der Waals surface area (Å²) in [7, 11) is 0. The quantitative estimate of drug-likeness (QED) is 0.281. The lowest BCUT2D eigenvalue weighted by Gasteiger charge is -2.13. The van der Waals surface area contributed by atoms with Crippen LogP contribution in [0.5, 0.6) is 0 Å². The van der Waals surface area contributed by atoms with Crippen LogP contribution in [0.15, 0.2) is 78.0 Å². The van der Waals surface area contributed by atoms with Crippen LogP contribution in [0.25, 0.3) is 0 Å². The fourth-order valence-electron chi connectivity index (χ4n) is 3.74. The lowest BCUT2D eigenvalue weighted by molar-refractivity contribution is -0.113. The Labute approximate surface area is 209 Å². The number of halogens is 1. The number of rotatable bonds is 10. The van der Waals surface area contributed by atoms with Crippen LogP contribution in [-0.4, -0.2) is 26.4 Å². The summed E-state index contributed by atoms with van der Waals surface area (Å²) in [5.41, 5.74) is 4.94. The average molecular weight is 490 g/mol. The number of aryl methyl sites for hydroxylation is 2. The molecule has 3 aromatic carbocycles. The van der Waals surface area contributed by atoms with Gasteiger partial charge in [0.25, 0.3) is 0 Å². The maximum absolute atomic E-state index is 13.2. The summed E-state index contributed by atoms with van der Waals surface area (Å²) in [4.78, 5) is 12.8. The molecule has 1 heterocycles. The van der Waals surface area contributed by atoms with Crippen molar-refractivity contribution < 1.29 is 9.18 Å². The summed E-state index contributed by atoms with van der Waals surface area (Å²) < 4.78 is 15.2. The molecule has 1 aromatic heterocycles. The van der Waals surface area contributed by atoms with Crippen LogP contribution in [0.1, 0.15) is 29.4 Å². The van der Waals surface area contributed by atoms with Gasteiger partial charge < -0.3 is 15.2 Å². The van der Waals surface area contributed by atoms with Gasteiger partial charge in [0.05, 0.1) is 18.8 Å². The van der Waals surface area contributed by atoms with Crippen LogP contribution in [0.2, 0.25) is 0 Å². The molecule has 0 aliphatic carbocycles. The zero-order valence-corrected chi connectivity index (χ0v) is 20.6. The second-order valence-corrected chi connectivity index (χ2v) is 9.07. The van der Waals surface area contributed by atoms with Crippen LogP contribution in [0.4, 0.5) is 15.8 Å². The van der Waals surface area contributed by atoms with Crippen molar-refractivity contribution in [1.29, 1.82) is 0 Å². The number of carbonyl (C=O) groups excluding carboxylic acids is 1. The second-order valence-electron chi connectivity index (χ2n) is 8.13. The van der Waals surface area contributed by atoms with E-state index in [-0.39, 0.29) is 17.5 Å². The molecule has 0 fully saturated rings. The predicted octanol–water partition coefficient (Wildman–Crippen LogP) is 5.68. The van der Waals surface area contributed by atoms with Gasteiger partial charge in [-0.2, -0.15) is 0 Å². The number of carbonyl (C=O) groups is 1. The van der Waals surface area contributed by atoms with E-state index in [1.54, 1.807) is 12.1 Å². The number of hydrogen-bond donors (Lipinski definition) is 2. The molecule has 0 aliphatic heterocycles. The van der Waals surface area contributed by atoms with Crippen molar-refractivity contribution in [3.8, 4) is 0 Å². The minimum atomic E-state index is -0.281. The number of hydrogen-bond acceptors (Lipinski definition) is 5. The maximum atomic E-state index is 13.2. The fourth-order valence-corrected chi connectivity index (χ4v) is 4.49. The molecule has 8 heteroatoms. The Kier molecular flexibility index (Phi) is 8.15. The Bertz CT molecular complexity index is 1270. The van der Waals surface area contributed by atoms with Crippen molar-refractivity contribution in [2.75, 3.05) is 16.4 Å². The molecule has 2 N–H and O–H groups in total. The molecule has 0 atom stereocenters. The normalized spacial score (nSPS) is 10.8. The molecule has 0 unspecified atom stereocenters. The standard InChI is InChI=1S/C27H28FN5OS/c1-3-21-11-7-8-19(2)26(21)30-25(34)18-35-27-32-31-24(16-29-23-14-12-22(28)13-15-23)33(27)17-20-9-5-4-6-10-20/h4-15,29H,3,16-18H2,1-2H3,(H,30,34). The highest BCUT2D eigenvalue weighted by Gasteiger charge is 2.16. The number of nitrogens with one attached hydrogen (secondary N) is 2. The SMILES string of the molecule is CCc1cccc(C)c1NC(=O)CSc1nnc(CNc2ccc(F)cc2)n1Cc1ccccc1. The first-order valence-electron chi connectivity index (χ1n) is 11.5. The van der Waals surface area contributed by atoms with E-state index < -0.39 is 0 Å². The van der Waals surface area contributed by atoms with E-state index in [0.29, 0.717) is 18.2 Å². The van der Waals surface area contributed by atoms with Gasteiger partial charge in [-0.25, -0.2) is 4.39 Å². The van der Waals surface area contributed by atoms with Crippen molar-refractivity contribution in [1.82, 2.24) is 14.8 Å². The van der Waals surface area contributed by atoms with Crippen LogP contribution < -0.4 is 10.6 Å². The van der Waals surface area contributed by atoms with Gasteiger partial charge in [-0.1, -0.05) is 67.2 Å². The third kappa shape index (κ3) is 6.48. The first-order valence-corrected chi connectivity index (χ1v) is 12.5. The predicted molar refractivity (Wildman–Crippen MR) is 139 cm³/mol. The molecule has 4 aromatic rings. The van der Waals surface area contributed by atoms with Crippen molar-refractivity contribution in [3.63, 3.8) is 0 Å². The monoisotopic (exact) mass is 489 g/mol. The molecule has 35 heavy (non-hydrogen) atoms. The number of thioether (sulfide) groups is 1. The van der Waals surface area contributed by atoms with Crippen LogP contribution in [0, 0.1) is 12.7 Å². The Morgan fingerprint density at radius 2 is 1.77 bits per heavy atom. The number of aromatic nitrogens is 3. The summed E-state index contributed by atoms with van der Waals surface area (Å²) in [5, 5.41) is 15.7. The third-order valence-electron chi connectivity index (χ3n) is 5.61. The minimum absolute atomic E-state index is 0.0840. The van der Waals surface area contributed by atoms with Crippen molar-refractivity contribution in [3.05, 3.63) is 101 Å². The number of nitrogens with zero attached hydrogens (tertiary/aromatic N) is 3. The first kappa shape index (κ1) is 24.5. The van der Waals surface area contributed by atoms with E-state index in [2.05, 4.69) is 27.8 Å². The minimum Gasteiger partial charge on any atom is -0.378 e. The lowest BCUT2D eigenvalue weighted by atomic mass is 10.1. The van der Waals surface area contributed by atoms with Crippen molar-refractivity contribution >= 4 is 29.0 Å². The van der Waals surface area contributed by atoms with Crippen molar-refractivity contribution in [2.24, 2.45) is 0 Å². The van der Waals surface area contributed by atoms with E-state index in [1.165, 1.54) is 23.9 Å². The van der Waals surface area contributed by atoms with E-state index in [1.807, 2.05) is 60.0 Å². The Balaban J connectivity index is 1.48. The van der Waals surface area contributed by atoms with Gasteiger partial charge in [0.15, 0.2) is 11.0 Å². The molecule has 0 saturated carbocycles. The van der Waals surface area contributed by atoms with E-state index in [9.17, 15) is 9.18 Å². The fraction of sp³-hybridized carbons (Fsp3) is 0.222. The van der Waals surface area contributed by atoms with Gasteiger partial charge in [-0.05, 0) is 54.3 Å². The maximum Gasteiger partial charge on any atom is 0.234 e. The van der Waals surface area contributed by atoms with Gasteiger partial charge in [0.2, 0.25) is 5.91 Å². The molecule has 1 amide bonds. The average Bonchev–Trinajstić information content (AvgIpc) is 3.25. The molecule has 6 nitrogen and oxygen atoms in total. The molecule has 4 rings (SSSR count). The van der Waals surface area contributed by atoms with Crippen LogP contribution in [0.3, 0.4) is 0 Å². The van der Waals surface area contributed by atoms with E-state index >= 15 is 0 Å². The smallest absolute Gasteiger partial charge is 0.234 e. The third-order valence-corrected chi connectivity index (χ3v) is 6.58. The zero-order chi connectivity index (χ0) is 24.6.